The fourth-order valence-electron chi connectivity index (χ4n) is 12.0. The van der Waals surface area contributed by atoms with Gasteiger partial charge in [0.2, 0.25) is 0 Å². The number of halogens is 2. The number of phenols is 7. The van der Waals surface area contributed by atoms with Crippen molar-refractivity contribution >= 4 is 90.4 Å². The fraction of sp³-hybridized carbons (Fsp3) is 0.388. The van der Waals surface area contributed by atoms with Gasteiger partial charge in [0, 0.05) is 92.4 Å². The first-order valence-electron chi connectivity index (χ1n) is 41.5. The number of nitrogens with two attached hydrogens (primary N) is 2. The molecule has 0 saturated carbocycles. The molecular weight excluding hydrogens is 1910 g/mol. The number of nitrogen functional groups attached to an aromatic ring is 2. The summed E-state index contributed by atoms with van der Waals surface area (Å²) in [5.74, 6) is 2.31. The molecule has 0 atom stereocenters. The van der Waals surface area contributed by atoms with Crippen LogP contribution in [0.4, 0.5) is 34.1 Å². The molecule has 0 amide bonds. The molecule has 0 saturated heterocycles. The molecule has 18 nitrogen and oxygen atoms in total. The Kier molecular flexibility index (Phi) is 53.2. The van der Waals surface area contributed by atoms with Crippen LogP contribution in [0.25, 0.3) is 0 Å². The zero-order chi connectivity index (χ0) is 87.3. The van der Waals surface area contributed by atoms with Crippen LogP contribution in [0.5, 0.6) is 57.5 Å². The molecule has 0 aliphatic rings. The Labute approximate surface area is 744 Å². The molecule has 120 heavy (non-hydrogen) atoms. The van der Waals surface area contributed by atoms with E-state index in [2.05, 4.69) is 40.7 Å². The van der Waals surface area contributed by atoms with Gasteiger partial charge in [-0.15, -0.1) is 0 Å². The number of unbranched alkanes of at least 4 members (excludes halogenated alkanes) is 21. The molecule has 0 aliphatic carbocycles. The van der Waals surface area contributed by atoms with Crippen LogP contribution < -0.4 is 25.7 Å². The Morgan fingerprint density at radius 2 is 0.533 bits per heavy atom. The van der Waals surface area contributed by atoms with Crippen molar-refractivity contribution < 1.29 is 97.1 Å². The van der Waals surface area contributed by atoms with Crippen LogP contribution in [-0.4, -0.2) is 93.0 Å². The molecule has 0 radical (unpaired) electrons. The summed E-state index contributed by atoms with van der Waals surface area (Å²) in [5.41, 5.74) is 26.9. The van der Waals surface area contributed by atoms with E-state index < -0.39 is 16.5 Å². The number of aromatic hydroxyl groups is 7. The van der Waals surface area contributed by atoms with E-state index in [0.717, 1.165) is 58.7 Å². The standard InChI is InChI=1S/2C33H42N2O3.C17H26O3.C8H12N2.C7H6O3.2ClH.2Pt/c2*1-5-6-7-8-9-10-11-12-17-38-29-16-15-28(33(37)21-29)23-35-31-20-26(4)25(3)19-30(31)34-22-27-14-13-24(2)18-32(27)36;1-2-3-4-5-6-7-8-9-12-20-16-11-10-15(14-18)17(19)13-16;1-5-3-7(9)8(10)4-6(5)2;8-4-5-1-2-6(9)3-7(5)10;;;;/h2*13-16,18-23,36-37H,5-12,17H2,1-4H3;10-11,13-14,19H,2-9,12H2,1H3;3-4H,9-10H2,1-2H3;1-4,9-10H;2*1H;;/q;;;;;;;;+2/p-2. The second-order valence-corrected chi connectivity index (χ2v) is 33.0. The van der Waals surface area contributed by atoms with Crippen LogP contribution in [0.15, 0.2) is 166 Å². The number of benzene rings is 9. The van der Waals surface area contributed by atoms with E-state index in [4.69, 9.17) is 54.7 Å². The quantitative estimate of drug-likeness (QED) is 0.00747. The number of phenolic OH excluding ortho intramolecular Hbond substituents is 7. The second-order valence-electron chi connectivity index (χ2n) is 29.7. The Morgan fingerprint density at radius 1 is 0.308 bits per heavy atom. The SMILES string of the molecule is CCCCCCCCCCOc1ccc(C=Nc2cc(C)c(C)cc2N=Cc2ccc(C)cc2O)c(O)c1.CCCCCCCCCCOc1ccc(C=Nc2cc(C)c(C)cc2N=Cc2ccc(C)cc2O)c(O)c1.CCCCCCCCCCOc1ccc(C=O)c(O)c1.Cc1cc(N)c(N)cc1C.O=Cc1ccc(O)cc1O.[Cl][Pt][Cl].[Pt]. The molecule has 656 valence electrons. The number of carbonyl (C=O) groups excluding carboxylic acids is 2. The topological polar surface area (TPSA) is 305 Å². The van der Waals surface area contributed by atoms with Crippen LogP contribution in [0.2, 0.25) is 0 Å². The summed E-state index contributed by atoms with van der Waals surface area (Å²) in [5, 5.41) is 68.7. The van der Waals surface area contributed by atoms with E-state index in [1.807, 2.05) is 140 Å². The summed E-state index contributed by atoms with van der Waals surface area (Å²) in [6.45, 7) is 24.7. The summed E-state index contributed by atoms with van der Waals surface area (Å²) in [6.07, 6.45) is 38.0. The van der Waals surface area contributed by atoms with Crippen LogP contribution >= 0.6 is 18.8 Å². The second kappa shape index (κ2) is 60.9. The number of aldehydes is 2. The van der Waals surface area contributed by atoms with Gasteiger partial charge in [-0.1, -0.05) is 168 Å². The van der Waals surface area contributed by atoms with E-state index in [-0.39, 0.29) is 66.9 Å². The first-order valence-corrected chi connectivity index (χ1v) is 47.1. The van der Waals surface area contributed by atoms with Crippen molar-refractivity contribution in [2.75, 3.05) is 31.3 Å². The predicted molar refractivity (Wildman–Crippen MR) is 492 cm³/mol. The summed E-state index contributed by atoms with van der Waals surface area (Å²) < 4.78 is 17.2. The zero-order valence-corrected chi connectivity index (χ0v) is 78.0. The third kappa shape index (κ3) is 41.7. The van der Waals surface area contributed by atoms with Crippen molar-refractivity contribution in [1.82, 2.24) is 0 Å². The maximum Gasteiger partial charge on any atom is 0 e. The molecule has 0 heterocycles. The van der Waals surface area contributed by atoms with E-state index >= 15 is 0 Å². The number of rotatable bonds is 40. The number of nitrogens with zero attached hydrogens (tertiary/aromatic N) is 4. The molecule has 0 spiro atoms. The van der Waals surface area contributed by atoms with Crippen molar-refractivity contribution in [3.05, 3.63) is 223 Å². The maximum absolute atomic E-state index is 10.6. The molecule has 22 heteroatoms. The molecule has 0 bridgehead atoms. The summed E-state index contributed by atoms with van der Waals surface area (Å²) >= 11 is -0.472. The summed E-state index contributed by atoms with van der Waals surface area (Å²) in [4.78, 5) is 39.2. The average molecular weight is 2040 g/mol. The molecule has 0 aliphatic heterocycles. The summed E-state index contributed by atoms with van der Waals surface area (Å²) in [7, 11) is 9.75. The number of aryl methyl sites for hydroxylation is 8. The molecule has 11 N–H and O–H groups in total. The normalized spacial score (nSPS) is 10.8. The Hall–Kier alpha value is -9.44. The Morgan fingerprint density at radius 3 is 0.783 bits per heavy atom. The largest absolute Gasteiger partial charge is 0 e. The monoisotopic (exact) mass is 2040 g/mol. The third-order valence-corrected chi connectivity index (χ3v) is 19.7. The Balaban J connectivity index is 0.000000419. The van der Waals surface area contributed by atoms with Crippen molar-refractivity contribution in [2.24, 2.45) is 20.0 Å². The van der Waals surface area contributed by atoms with Gasteiger partial charge < -0.3 is 61.4 Å². The molecule has 9 aromatic rings. The number of carbonyl (C=O) groups is 2. The minimum absolute atomic E-state index is 0. The van der Waals surface area contributed by atoms with E-state index in [9.17, 15) is 35.1 Å². The number of anilines is 2. The fourth-order valence-corrected chi connectivity index (χ4v) is 12.0. The van der Waals surface area contributed by atoms with E-state index in [1.54, 1.807) is 61.3 Å². The minimum atomic E-state index is -0.472. The van der Waals surface area contributed by atoms with Crippen molar-refractivity contribution in [3.8, 4) is 57.5 Å². The van der Waals surface area contributed by atoms with E-state index in [1.165, 1.54) is 164 Å². The third-order valence-electron chi connectivity index (χ3n) is 19.7. The first-order chi connectivity index (χ1) is 57.3. The van der Waals surface area contributed by atoms with Gasteiger partial charge in [0.15, 0.2) is 12.6 Å². The van der Waals surface area contributed by atoms with Crippen LogP contribution in [0, 0.1) is 55.4 Å². The van der Waals surface area contributed by atoms with Gasteiger partial charge in [-0.3, -0.25) is 29.6 Å². The molecule has 9 aromatic carbocycles. The van der Waals surface area contributed by atoms with Gasteiger partial charge in [-0.2, -0.15) is 0 Å². The van der Waals surface area contributed by atoms with Gasteiger partial charge in [0.25, 0.3) is 0 Å². The molecule has 0 aromatic heterocycles. The van der Waals surface area contributed by atoms with E-state index in [0.29, 0.717) is 112 Å². The van der Waals surface area contributed by atoms with Crippen LogP contribution in [0.3, 0.4) is 0 Å². The van der Waals surface area contributed by atoms with Gasteiger partial charge in [0.1, 0.15) is 57.5 Å². The van der Waals surface area contributed by atoms with Crippen LogP contribution in [0.1, 0.15) is 262 Å². The zero-order valence-electron chi connectivity index (χ0n) is 71.9. The van der Waals surface area contributed by atoms with Gasteiger partial charge in [0.05, 0.1) is 65.1 Å². The molecular formula is C98H128Cl2N6O12Pt2. The number of hydrogen-bond acceptors (Lipinski definition) is 18. The number of aliphatic imine (C=N–C) groups is 4. The first kappa shape index (κ1) is 105. The predicted octanol–water partition coefficient (Wildman–Crippen LogP) is 26.6. The molecule has 0 unspecified atom stereocenters. The summed E-state index contributed by atoms with van der Waals surface area (Å²) in [6, 6.07) is 41.9. The molecule has 0 fully saturated rings. The van der Waals surface area contributed by atoms with Crippen molar-refractivity contribution in [2.45, 2.75) is 230 Å². The molecule has 9 rings (SSSR count). The smallest absolute Gasteiger partial charge is 0 e. The number of hydrogen-bond donors (Lipinski definition) is 9. The minimum Gasteiger partial charge on any atom is 0 e. The van der Waals surface area contributed by atoms with Gasteiger partial charge in [-0.05, 0) is 228 Å². The maximum atomic E-state index is 10.6. The van der Waals surface area contributed by atoms with Gasteiger partial charge >= 0.3 is 35.3 Å². The Bertz CT molecular complexity index is 4410. The van der Waals surface area contributed by atoms with Gasteiger partial charge in [-0.25, -0.2) is 0 Å². The van der Waals surface area contributed by atoms with Crippen LogP contribution in [-0.2, 0) is 37.5 Å². The van der Waals surface area contributed by atoms with Crippen molar-refractivity contribution in [1.29, 1.82) is 0 Å². The van der Waals surface area contributed by atoms with Crippen molar-refractivity contribution in [3.63, 3.8) is 0 Å². The average Bonchev–Trinajstić information content (AvgIpc) is 0.829. The number of ether oxygens (including phenoxy) is 3.